The largest absolute Gasteiger partial charge is 0.497 e. The SMILES string of the molecule is COc1ccc(C(=O)Oc2ccc([C@H]3NC(=O)c4c(sc5c4CC[C@H](C)C5)N3)cc2)cc1. The van der Waals surface area contributed by atoms with E-state index in [4.69, 9.17) is 9.47 Å². The lowest BCUT2D eigenvalue weighted by atomic mass is 9.88. The van der Waals surface area contributed by atoms with Crippen LogP contribution in [0.1, 0.15) is 56.2 Å². The highest BCUT2D eigenvalue weighted by Crippen LogP contribution is 2.42. The number of hydrogen-bond acceptors (Lipinski definition) is 6. The number of methoxy groups -OCH3 is 1. The van der Waals surface area contributed by atoms with Crippen LogP contribution in [0, 0.1) is 5.92 Å². The summed E-state index contributed by atoms with van der Waals surface area (Å²) in [7, 11) is 1.58. The van der Waals surface area contributed by atoms with Crippen molar-refractivity contribution in [2.45, 2.75) is 32.4 Å². The van der Waals surface area contributed by atoms with Crippen LogP contribution in [-0.2, 0) is 12.8 Å². The fourth-order valence-electron chi connectivity index (χ4n) is 4.25. The quantitative estimate of drug-likeness (QED) is 0.436. The summed E-state index contributed by atoms with van der Waals surface area (Å²) in [5.74, 6) is 1.32. The standard InChI is InChI=1S/C25H24N2O4S/c1-14-3-12-19-20(13-14)32-24-21(19)23(28)26-22(27-24)15-4-10-18(11-5-15)31-25(29)16-6-8-17(30-2)9-7-16/h4-11,14,22,27H,3,12-13H2,1-2H3,(H,26,28)/t14-,22-/m0/s1. The van der Waals surface area contributed by atoms with Gasteiger partial charge in [0, 0.05) is 4.88 Å². The molecule has 6 nitrogen and oxygen atoms in total. The number of esters is 1. The van der Waals surface area contributed by atoms with Gasteiger partial charge in [0.1, 0.15) is 22.7 Å². The van der Waals surface area contributed by atoms with Crippen LogP contribution < -0.4 is 20.1 Å². The van der Waals surface area contributed by atoms with Crippen molar-refractivity contribution >= 4 is 28.2 Å². The summed E-state index contributed by atoms with van der Waals surface area (Å²) in [6.45, 7) is 2.26. The highest BCUT2D eigenvalue weighted by Gasteiger charge is 2.33. The molecule has 0 radical (unpaired) electrons. The van der Waals surface area contributed by atoms with Crippen molar-refractivity contribution in [2.75, 3.05) is 12.4 Å². The van der Waals surface area contributed by atoms with Crippen LogP contribution >= 0.6 is 11.3 Å². The molecule has 0 bridgehead atoms. The third-order valence-corrected chi connectivity index (χ3v) is 7.22. The first kappa shape index (κ1) is 20.6. The molecule has 1 aliphatic carbocycles. The van der Waals surface area contributed by atoms with E-state index in [2.05, 4.69) is 17.6 Å². The van der Waals surface area contributed by atoms with Gasteiger partial charge in [0.25, 0.3) is 5.91 Å². The Kier molecular flexibility index (Phi) is 5.35. The zero-order valence-corrected chi connectivity index (χ0v) is 18.8. The van der Waals surface area contributed by atoms with Crippen LogP contribution in [0.15, 0.2) is 48.5 Å². The van der Waals surface area contributed by atoms with Crippen LogP contribution in [0.4, 0.5) is 5.00 Å². The van der Waals surface area contributed by atoms with Crippen molar-refractivity contribution < 1.29 is 19.1 Å². The molecule has 2 aromatic carbocycles. The number of nitrogens with one attached hydrogen (secondary N) is 2. The molecule has 164 valence electrons. The number of carbonyl (C=O) groups excluding carboxylic acids is 2. The van der Waals surface area contributed by atoms with E-state index in [1.54, 1.807) is 54.8 Å². The van der Waals surface area contributed by atoms with Gasteiger partial charge in [-0.15, -0.1) is 11.3 Å². The average molecular weight is 449 g/mol. The molecule has 1 aliphatic heterocycles. The first-order valence-electron chi connectivity index (χ1n) is 10.7. The molecule has 2 atom stereocenters. The van der Waals surface area contributed by atoms with E-state index in [0.29, 0.717) is 23.0 Å². The van der Waals surface area contributed by atoms with Crippen molar-refractivity contribution in [2.24, 2.45) is 5.92 Å². The first-order chi connectivity index (χ1) is 15.5. The van der Waals surface area contributed by atoms with Crippen molar-refractivity contribution in [1.29, 1.82) is 0 Å². The van der Waals surface area contributed by atoms with Crippen molar-refractivity contribution in [1.82, 2.24) is 5.32 Å². The Labute approximate surface area is 190 Å². The number of fused-ring (bicyclic) bond motifs is 3. The van der Waals surface area contributed by atoms with Crippen LogP contribution in [0.25, 0.3) is 0 Å². The van der Waals surface area contributed by atoms with Crippen LogP contribution in [0.5, 0.6) is 11.5 Å². The Balaban J connectivity index is 1.29. The number of benzene rings is 2. The summed E-state index contributed by atoms with van der Waals surface area (Å²) in [6.07, 6.45) is 2.82. The fraction of sp³-hybridized carbons (Fsp3) is 0.280. The summed E-state index contributed by atoms with van der Waals surface area (Å²) >= 11 is 1.71. The Morgan fingerprint density at radius 2 is 1.75 bits per heavy atom. The third kappa shape index (κ3) is 3.84. The topological polar surface area (TPSA) is 76.7 Å². The second kappa shape index (κ2) is 8.31. The number of ether oxygens (including phenoxy) is 2. The molecule has 0 spiro atoms. The van der Waals surface area contributed by atoms with Gasteiger partial charge in [0.05, 0.1) is 18.2 Å². The van der Waals surface area contributed by atoms with Crippen molar-refractivity contribution in [3.05, 3.63) is 75.7 Å². The van der Waals surface area contributed by atoms with E-state index < -0.39 is 5.97 Å². The minimum absolute atomic E-state index is 0.0224. The maximum absolute atomic E-state index is 12.9. The van der Waals surface area contributed by atoms with Gasteiger partial charge >= 0.3 is 5.97 Å². The highest BCUT2D eigenvalue weighted by molar-refractivity contribution is 7.16. The van der Waals surface area contributed by atoms with Gasteiger partial charge in [-0.1, -0.05) is 19.1 Å². The molecule has 1 amide bonds. The van der Waals surface area contributed by atoms with Gasteiger partial charge in [-0.2, -0.15) is 0 Å². The third-order valence-electron chi connectivity index (χ3n) is 6.04. The zero-order chi connectivity index (χ0) is 22.2. The number of carbonyl (C=O) groups is 2. The number of thiophene rings is 1. The fourth-order valence-corrected chi connectivity index (χ4v) is 5.69. The monoisotopic (exact) mass is 448 g/mol. The lowest BCUT2D eigenvalue weighted by Crippen LogP contribution is -2.38. The number of rotatable bonds is 4. The molecular weight excluding hydrogens is 424 g/mol. The Bertz CT molecular complexity index is 1170. The van der Waals surface area contributed by atoms with Crippen molar-refractivity contribution in [3.8, 4) is 11.5 Å². The molecule has 1 aromatic heterocycles. The van der Waals surface area contributed by atoms with E-state index in [1.807, 2.05) is 12.1 Å². The van der Waals surface area contributed by atoms with Gasteiger partial charge in [-0.25, -0.2) is 4.79 Å². The molecule has 0 unspecified atom stereocenters. The van der Waals surface area contributed by atoms with E-state index in [-0.39, 0.29) is 12.1 Å². The van der Waals surface area contributed by atoms with Gasteiger partial charge < -0.3 is 20.1 Å². The van der Waals surface area contributed by atoms with E-state index in [0.717, 1.165) is 35.4 Å². The maximum Gasteiger partial charge on any atom is 0.343 e. The minimum Gasteiger partial charge on any atom is -0.497 e. The summed E-state index contributed by atoms with van der Waals surface area (Å²) in [5, 5.41) is 7.50. The smallest absolute Gasteiger partial charge is 0.343 e. The highest BCUT2D eigenvalue weighted by atomic mass is 32.1. The summed E-state index contributed by atoms with van der Waals surface area (Å²) < 4.78 is 10.6. The first-order valence-corrected chi connectivity index (χ1v) is 11.5. The molecule has 5 rings (SSSR count). The minimum atomic E-state index is -0.437. The average Bonchev–Trinajstić information content (AvgIpc) is 3.17. The Morgan fingerprint density at radius 1 is 1.03 bits per heavy atom. The number of anilines is 1. The van der Waals surface area contributed by atoms with Gasteiger partial charge in [0.2, 0.25) is 0 Å². The molecule has 32 heavy (non-hydrogen) atoms. The molecule has 0 saturated carbocycles. The predicted octanol–water partition coefficient (Wildman–Crippen LogP) is 4.95. The predicted molar refractivity (Wildman–Crippen MR) is 124 cm³/mol. The number of amides is 1. The molecular formula is C25H24N2O4S. The zero-order valence-electron chi connectivity index (χ0n) is 17.9. The van der Waals surface area contributed by atoms with Crippen LogP contribution in [0.2, 0.25) is 0 Å². The normalized spacial score (nSPS) is 19.2. The van der Waals surface area contributed by atoms with Gasteiger partial charge in [-0.3, -0.25) is 4.79 Å². The molecule has 7 heteroatoms. The second-order valence-electron chi connectivity index (χ2n) is 8.29. The van der Waals surface area contributed by atoms with Crippen molar-refractivity contribution in [3.63, 3.8) is 0 Å². The Morgan fingerprint density at radius 3 is 2.47 bits per heavy atom. The lowest BCUT2D eigenvalue weighted by molar-refractivity contribution is 0.0734. The van der Waals surface area contributed by atoms with E-state index in [9.17, 15) is 9.59 Å². The number of hydrogen-bond donors (Lipinski definition) is 2. The molecule has 0 fully saturated rings. The van der Waals surface area contributed by atoms with Gasteiger partial charge in [0.15, 0.2) is 0 Å². The summed E-state index contributed by atoms with van der Waals surface area (Å²) in [5.41, 5.74) is 3.37. The molecule has 2 aliphatic rings. The van der Waals surface area contributed by atoms with Gasteiger partial charge in [-0.05, 0) is 72.7 Å². The Hall–Kier alpha value is -3.32. The van der Waals surface area contributed by atoms with Crippen LogP contribution in [0.3, 0.4) is 0 Å². The summed E-state index contributed by atoms with van der Waals surface area (Å²) in [6, 6.07) is 13.9. The van der Waals surface area contributed by atoms with E-state index in [1.165, 1.54) is 10.4 Å². The maximum atomic E-state index is 12.9. The van der Waals surface area contributed by atoms with E-state index >= 15 is 0 Å². The molecule has 3 aromatic rings. The molecule has 2 N–H and O–H groups in total. The molecule has 0 saturated heterocycles. The lowest BCUT2D eigenvalue weighted by Gasteiger charge is -2.27. The van der Waals surface area contributed by atoms with Crippen LogP contribution in [-0.4, -0.2) is 19.0 Å². The molecule has 2 heterocycles. The second-order valence-corrected chi connectivity index (χ2v) is 9.40. The summed E-state index contributed by atoms with van der Waals surface area (Å²) in [4.78, 5) is 26.6.